The number of nitro groups is 1. The fraction of sp³-hybridized carbons (Fsp3) is 0.286. The molecule has 0 spiro atoms. The maximum Gasteiger partial charge on any atom is 0.306 e. The van der Waals surface area contributed by atoms with Crippen molar-refractivity contribution in [1.29, 1.82) is 0 Å². The van der Waals surface area contributed by atoms with Gasteiger partial charge in [0.05, 0.1) is 11.2 Å². The molecule has 1 amide bonds. The molecule has 30 heavy (non-hydrogen) atoms. The third-order valence-electron chi connectivity index (χ3n) is 4.45. The Kier molecular flexibility index (Phi) is 7.71. The van der Waals surface area contributed by atoms with Gasteiger partial charge in [-0.25, -0.2) is 0 Å². The highest BCUT2D eigenvalue weighted by molar-refractivity contribution is 7.86. The van der Waals surface area contributed by atoms with Crippen molar-refractivity contribution in [2.45, 2.75) is 32.9 Å². The van der Waals surface area contributed by atoms with E-state index in [0.29, 0.717) is 12.1 Å². The van der Waals surface area contributed by atoms with Crippen LogP contribution in [0.25, 0.3) is 6.08 Å². The number of non-ortho nitro benzene ring substituents is 1. The van der Waals surface area contributed by atoms with Gasteiger partial charge in [0.1, 0.15) is 5.75 Å². The van der Waals surface area contributed by atoms with Crippen LogP contribution < -0.4 is 4.18 Å². The van der Waals surface area contributed by atoms with Gasteiger partial charge >= 0.3 is 10.1 Å². The predicted octanol–water partition coefficient (Wildman–Crippen LogP) is 3.77. The SMILES string of the molecule is CC[C@H](C)N(Cc1ccc(OS(C)(=O)=O)cc1)C(=O)/C=C/c1ccc([N+](=O)[O-])cc1. The Balaban J connectivity index is 2.12. The van der Waals surface area contributed by atoms with Crippen molar-refractivity contribution in [3.63, 3.8) is 0 Å². The molecule has 1 atom stereocenters. The zero-order valence-corrected chi connectivity index (χ0v) is 17.8. The van der Waals surface area contributed by atoms with Gasteiger partial charge in [0.2, 0.25) is 5.91 Å². The smallest absolute Gasteiger partial charge is 0.306 e. The quantitative estimate of drug-likeness (QED) is 0.258. The van der Waals surface area contributed by atoms with Crippen LogP contribution in [0.1, 0.15) is 31.4 Å². The number of hydrogen-bond donors (Lipinski definition) is 0. The molecule has 8 nitrogen and oxygen atoms in total. The summed E-state index contributed by atoms with van der Waals surface area (Å²) in [5.41, 5.74) is 1.50. The first-order valence-electron chi connectivity index (χ1n) is 9.30. The summed E-state index contributed by atoms with van der Waals surface area (Å²) in [6.45, 7) is 4.27. The lowest BCUT2D eigenvalue weighted by atomic mass is 10.1. The molecular weight excluding hydrogens is 408 g/mol. The van der Waals surface area contributed by atoms with Crippen LogP contribution in [0.3, 0.4) is 0 Å². The summed E-state index contributed by atoms with van der Waals surface area (Å²) in [7, 11) is -3.60. The summed E-state index contributed by atoms with van der Waals surface area (Å²) >= 11 is 0. The fourth-order valence-electron chi connectivity index (χ4n) is 2.66. The average molecular weight is 432 g/mol. The number of carbonyl (C=O) groups excluding carboxylic acids is 1. The van der Waals surface area contributed by atoms with Crippen molar-refractivity contribution in [3.05, 3.63) is 75.8 Å². The van der Waals surface area contributed by atoms with Gasteiger partial charge in [-0.05, 0) is 54.8 Å². The van der Waals surface area contributed by atoms with Gasteiger partial charge in [-0.2, -0.15) is 8.42 Å². The second kappa shape index (κ2) is 10.0. The fourth-order valence-corrected chi connectivity index (χ4v) is 3.12. The van der Waals surface area contributed by atoms with E-state index in [0.717, 1.165) is 18.2 Å². The van der Waals surface area contributed by atoms with E-state index in [1.165, 1.54) is 18.2 Å². The van der Waals surface area contributed by atoms with Crippen LogP contribution in [-0.2, 0) is 21.5 Å². The van der Waals surface area contributed by atoms with Crippen LogP contribution in [0.2, 0.25) is 0 Å². The van der Waals surface area contributed by atoms with Crippen molar-refractivity contribution in [2.75, 3.05) is 6.26 Å². The molecule has 9 heteroatoms. The zero-order chi connectivity index (χ0) is 22.3. The molecule has 2 aromatic carbocycles. The van der Waals surface area contributed by atoms with E-state index in [1.807, 2.05) is 13.8 Å². The molecular formula is C21H24N2O6S. The van der Waals surface area contributed by atoms with Gasteiger partial charge in [0, 0.05) is 30.8 Å². The van der Waals surface area contributed by atoms with Gasteiger partial charge in [0.25, 0.3) is 5.69 Å². The highest BCUT2D eigenvalue weighted by Crippen LogP contribution is 2.18. The molecule has 160 valence electrons. The van der Waals surface area contributed by atoms with E-state index < -0.39 is 15.0 Å². The summed E-state index contributed by atoms with van der Waals surface area (Å²) in [6, 6.07) is 12.4. The maximum atomic E-state index is 12.8. The Morgan fingerprint density at radius 3 is 2.27 bits per heavy atom. The Morgan fingerprint density at radius 1 is 1.17 bits per heavy atom. The lowest BCUT2D eigenvalue weighted by Gasteiger charge is -2.27. The lowest BCUT2D eigenvalue weighted by Crippen LogP contribution is -2.36. The summed E-state index contributed by atoms with van der Waals surface area (Å²) in [4.78, 5) is 24.7. The highest BCUT2D eigenvalue weighted by atomic mass is 32.2. The summed E-state index contributed by atoms with van der Waals surface area (Å²) in [5.74, 6) is 0.0138. The Hall–Kier alpha value is -3.20. The first-order valence-corrected chi connectivity index (χ1v) is 11.1. The molecule has 0 aliphatic carbocycles. The van der Waals surface area contributed by atoms with E-state index in [4.69, 9.17) is 4.18 Å². The monoisotopic (exact) mass is 432 g/mol. The number of nitrogens with zero attached hydrogens (tertiary/aromatic N) is 2. The van der Waals surface area contributed by atoms with Gasteiger partial charge < -0.3 is 9.08 Å². The first-order chi connectivity index (χ1) is 14.1. The molecule has 0 unspecified atom stereocenters. The number of amides is 1. The lowest BCUT2D eigenvalue weighted by molar-refractivity contribution is -0.384. The number of rotatable bonds is 9. The third kappa shape index (κ3) is 7.00. The van der Waals surface area contributed by atoms with Crippen LogP contribution in [0, 0.1) is 10.1 Å². The summed E-state index contributed by atoms with van der Waals surface area (Å²) in [5, 5.41) is 10.7. The van der Waals surface area contributed by atoms with Crippen LogP contribution in [0.4, 0.5) is 5.69 Å². The molecule has 2 rings (SSSR count). The highest BCUT2D eigenvalue weighted by Gasteiger charge is 2.17. The topological polar surface area (TPSA) is 107 Å². The number of carbonyl (C=O) groups is 1. The summed E-state index contributed by atoms with van der Waals surface area (Å²) < 4.78 is 27.2. The second-order valence-electron chi connectivity index (χ2n) is 6.84. The molecule has 0 saturated carbocycles. The second-order valence-corrected chi connectivity index (χ2v) is 8.41. The van der Waals surface area contributed by atoms with Crippen LogP contribution in [0.5, 0.6) is 5.75 Å². The number of benzene rings is 2. The normalized spacial score (nSPS) is 12.5. The van der Waals surface area contributed by atoms with Crippen molar-refractivity contribution < 1.29 is 22.3 Å². The van der Waals surface area contributed by atoms with Crippen LogP contribution in [-0.4, -0.2) is 36.4 Å². The van der Waals surface area contributed by atoms with Crippen molar-refractivity contribution in [1.82, 2.24) is 4.90 Å². The van der Waals surface area contributed by atoms with E-state index >= 15 is 0 Å². The molecule has 0 heterocycles. The Labute approximate surface area is 176 Å². The van der Waals surface area contributed by atoms with E-state index in [2.05, 4.69) is 0 Å². The van der Waals surface area contributed by atoms with Crippen LogP contribution >= 0.6 is 0 Å². The largest absolute Gasteiger partial charge is 0.383 e. The molecule has 0 N–H and O–H groups in total. The van der Waals surface area contributed by atoms with Crippen molar-refractivity contribution >= 4 is 27.8 Å². The molecule has 0 aromatic heterocycles. The number of nitro benzene ring substituents is 1. The average Bonchev–Trinajstić information content (AvgIpc) is 2.70. The van der Waals surface area contributed by atoms with Crippen LogP contribution in [0.15, 0.2) is 54.6 Å². The van der Waals surface area contributed by atoms with Crippen molar-refractivity contribution in [3.8, 4) is 5.75 Å². The minimum atomic E-state index is -3.60. The van der Waals surface area contributed by atoms with Gasteiger partial charge in [-0.15, -0.1) is 0 Å². The van der Waals surface area contributed by atoms with Gasteiger partial charge in [0.15, 0.2) is 0 Å². The van der Waals surface area contributed by atoms with E-state index in [-0.39, 0.29) is 23.4 Å². The number of hydrogen-bond acceptors (Lipinski definition) is 6. The van der Waals surface area contributed by atoms with E-state index in [9.17, 15) is 23.3 Å². The van der Waals surface area contributed by atoms with E-state index in [1.54, 1.807) is 47.4 Å². The Morgan fingerprint density at radius 2 is 1.77 bits per heavy atom. The van der Waals surface area contributed by atoms with Gasteiger partial charge in [-0.1, -0.05) is 19.1 Å². The molecule has 0 radical (unpaired) electrons. The zero-order valence-electron chi connectivity index (χ0n) is 17.0. The maximum absolute atomic E-state index is 12.8. The molecule has 0 bridgehead atoms. The molecule has 0 aliphatic heterocycles. The molecule has 0 saturated heterocycles. The summed E-state index contributed by atoms with van der Waals surface area (Å²) in [6.07, 6.45) is 4.78. The first kappa shape index (κ1) is 23.1. The molecule has 0 aliphatic rings. The molecule has 2 aromatic rings. The minimum Gasteiger partial charge on any atom is -0.383 e. The van der Waals surface area contributed by atoms with Crippen molar-refractivity contribution in [2.24, 2.45) is 0 Å². The standard InChI is InChI=1S/C21H24N2O6S/c1-4-16(2)22(15-18-7-12-20(13-8-18)29-30(3,27)28)21(24)14-9-17-5-10-19(11-6-17)23(25)26/h5-14,16H,4,15H2,1-3H3/b14-9+/t16-/m0/s1. The third-order valence-corrected chi connectivity index (χ3v) is 4.95. The Bertz CT molecular complexity index is 1010. The predicted molar refractivity (Wildman–Crippen MR) is 114 cm³/mol. The minimum absolute atomic E-state index is 0.0111. The van der Waals surface area contributed by atoms with Gasteiger partial charge in [-0.3, -0.25) is 14.9 Å². The molecule has 0 fully saturated rings.